The summed E-state index contributed by atoms with van der Waals surface area (Å²) in [6.07, 6.45) is 0.866. The summed E-state index contributed by atoms with van der Waals surface area (Å²) in [5.41, 5.74) is 2.45. The Balaban J connectivity index is 1.56. The van der Waals surface area contributed by atoms with Crippen LogP contribution in [0.4, 0.5) is 16.2 Å². The first kappa shape index (κ1) is 20.9. The van der Waals surface area contributed by atoms with Crippen LogP contribution in [0.15, 0.2) is 84.9 Å². The molecule has 3 aromatic rings. The molecule has 0 aliphatic rings. The second-order valence-electron chi connectivity index (χ2n) is 6.55. The van der Waals surface area contributed by atoms with Gasteiger partial charge in [0.15, 0.2) is 6.61 Å². The monoisotopic (exact) mass is 405 g/mol. The highest BCUT2D eigenvalue weighted by Gasteiger charge is 2.19. The Hall–Kier alpha value is -3.80. The largest absolute Gasteiger partial charge is 0.482 e. The average molecular weight is 405 g/mol. The van der Waals surface area contributed by atoms with Crippen LogP contribution in [0.1, 0.15) is 12.0 Å². The molecule has 0 fully saturated rings. The number of carbonyl (C=O) groups excluding carboxylic acids is 1. The summed E-state index contributed by atoms with van der Waals surface area (Å²) in [6, 6.07) is 26.0. The molecule has 0 aromatic heterocycles. The number of carbonyl (C=O) groups is 2. The van der Waals surface area contributed by atoms with Crippen LogP contribution in [0.2, 0.25) is 0 Å². The second kappa shape index (κ2) is 10.7. The quantitative estimate of drug-likeness (QED) is 0.504. The molecule has 0 spiro atoms. The van der Waals surface area contributed by atoms with Gasteiger partial charge in [-0.1, -0.05) is 48.5 Å². The van der Waals surface area contributed by atoms with Crippen molar-refractivity contribution >= 4 is 23.4 Å². The van der Waals surface area contributed by atoms with Crippen molar-refractivity contribution in [2.24, 2.45) is 0 Å². The number of carboxylic acid groups (broad SMARTS) is 1. The van der Waals surface area contributed by atoms with Crippen molar-refractivity contribution in [3.05, 3.63) is 90.5 Å². The molecule has 3 rings (SSSR count). The van der Waals surface area contributed by atoms with E-state index < -0.39 is 12.1 Å². The van der Waals surface area contributed by atoms with E-state index in [9.17, 15) is 9.59 Å². The van der Waals surface area contributed by atoms with Crippen LogP contribution >= 0.6 is 0 Å². The van der Waals surface area contributed by atoms with Crippen molar-refractivity contribution in [2.75, 3.05) is 18.1 Å². The van der Waals surface area contributed by atoms with Crippen LogP contribution in [0, 0.1) is 0 Å². The predicted octanol–water partition coefficient (Wildman–Crippen LogP) is 5.06. The van der Waals surface area contributed by atoms with Crippen LogP contribution in [0.5, 0.6) is 5.75 Å². The molecule has 0 radical (unpaired) electrons. The summed E-state index contributed by atoms with van der Waals surface area (Å²) in [4.78, 5) is 24.9. The van der Waals surface area contributed by atoms with Gasteiger partial charge in [0, 0.05) is 0 Å². The van der Waals surface area contributed by atoms with Crippen molar-refractivity contribution < 1.29 is 24.2 Å². The summed E-state index contributed by atoms with van der Waals surface area (Å²) in [6.45, 7) is -0.120. The van der Waals surface area contributed by atoms with Crippen molar-refractivity contribution in [3.63, 3.8) is 0 Å². The van der Waals surface area contributed by atoms with Gasteiger partial charge in [-0.2, -0.15) is 0 Å². The first-order valence-corrected chi connectivity index (χ1v) is 9.64. The SMILES string of the molecule is O=C(O)COc1cccc(CCCOC(=O)N(c2ccccc2)c2ccccc2)c1. The average Bonchev–Trinajstić information content (AvgIpc) is 2.77. The van der Waals surface area contributed by atoms with Gasteiger partial charge in [0.2, 0.25) is 0 Å². The van der Waals surface area contributed by atoms with Crippen LogP contribution in [-0.2, 0) is 16.0 Å². The number of aryl methyl sites for hydroxylation is 1. The number of hydrogen-bond donors (Lipinski definition) is 1. The zero-order valence-corrected chi connectivity index (χ0v) is 16.4. The normalized spacial score (nSPS) is 10.3. The number of carboxylic acids is 1. The zero-order chi connectivity index (χ0) is 21.2. The van der Waals surface area contributed by atoms with Crippen molar-refractivity contribution in [1.82, 2.24) is 0 Å². The maximum absolute atomic E-state index is 12.8. The molecule has 6 nitrogen and oxygen atoms in total. The van der Waals surface area contributed by atoms with Gasteiger partial charge >= 0.3 is 12.1 Å². The summed E-state index contributed by atoms with van der Waals surface area (Å²) < 4.78 is 10.7. The van der Waals surface area contributed by atoms with E-state index >= 15 is 0 Å². The van der Waals surface area contributed by atoms with Gasteiger partial charge in [-0.05, 0) is 54.8 Å². The van der Waals surface area contributed by atoms with Gasteiger partial charge in [-0.25, -0.2) is 14.5 Å². The number of nitrogens with zero attached hydrogens (tertiary/aromatic N) is 1. The lowest BCUT2D eigenvalue weighted by atomic mass is 10.1. The molecule has 3 aromatic carbocycles. The molecule has 0 unspecified atom stereocenters. The smallest absolute Gasteiger partial charge is 0.418 e. The second-order valence-corrected chi connectivity index (χ2v) is 6.55. The Morgan fingerprint density at radius 2 is 1.47 bits per heavy atom. The Bertz CT molecular complexity index is 920. The van der Waals surface area contributed by atoms with Gasteiger partial charge in [-0.3, -0.25) is 0 Å². The number of ether oxygens (including phenoxy) is 2. The number of anilines is 2. The van der Waals surface area contributed by atoms with Gasteiger partial charge in [0.1, 0.15) is 5.75 Å². The molecule has 0 atom stereocenters. The molecule has 1 amide bonds. The fourth-order valence-electron chi connectivity index (χ4n) is 2.95. The number of amides is 1. The minimum atomic E-state index is -1.02. The van der Waals surface area contributed by atoms with Gasteiger partial charge < -0.3 is 14.6 Å². The molecule has 0 saturated carbocycles. The van der Waals surface area contributed by atoms with E-state index in [-0.39, 0.29) is 13.2 Å². The summed E-state index contributed by atoms with van der Waals surface area (Å²) >= 11 is 0. The molecule has 0 saturated heterocycles. The van der Waals surface area contributed by atoms with Crippen molar-refractivity contribution in [1.29, 1.82) is 0 Å². The van der Waals surface area contributed by atoms with Gasteiger partial charge in [0.25, 0.3) is 0 Å². The van der Waals surface area contributed by atoms with Crippen LogP contribution in [-0.4, -0.2) is 30.4 Å². The topological polar surface area (TPSA) is 76.1 Å². The fraction of sp³-hybridized carbons (Fsp3) is 0.167. The highest BCUT2D eigenvalue weighted by molar-refractivity contribution is 5.95. The highest BCUT2D eigenvalue weighted by Crippen LogP contribution is 2.26. The van der Waals surface area contributed by atoms with E-state index in [4.69, 9.17) is 14.6 Å². The van der Waals surface area contributed by atoms with Crippen molar-refractivity contribution in [2.45, 2.75) is 12.8 Å². The summed E-state index contributed by atoms with van der Waals surface area (Å²) in [5.74, 6) is -0.514. The van der Waals surface area contributed by atoms with E-state index in [1.165, 1.54) is 0 Å². The number of aliphatic carboxylic acids is 1. The standard InChI is InChI=1S/C24H23NO5/c26-23(27)18-30-22-15-7-9-19(17-22)10-8-16-29-24(28)25(20-11-3-1-4-12-20)21-13-5-2-6-14-21/h1-7,9,11-15,17H,8,10,16,18H2,(H,26,27). The minimum absolute atomic E-state index is 0.259. The molecule has 0 aliphatic carbocycles. The molecule has 6 heteroatoms. The third-order valence-corrected chi connectivity index (χ3v) is 4.31. The van der Waals surface area contributed by atoms with Crippen LogP contribution < -0.4 is 9.64 Å². The van der Waals surface area contributed by atoms with E-state index in [0.717, 1.165) is 16.9 Å². The third-order valence-electron chi connectivity index (χ3n) is 4.31. The first-order chi connectivity index (χ1) is 14.6. The van der Waals surface area contributed by atoms with E-state index in [1.54, 1.807) is 17.0 Å². The molecule has 1 N–H and O–H groups in total. The summed E-state index contributed by atoms with van der Waals surface area (Å²) in [7, 11) is 0. The van der Waals surface area contributed by atoms with Crippen LogP contribution in [0.25, 0.3) is 0 Å². The van der Waals surface area contributed by atoms with Crippen LogP contribution in [0.3, 0.4) is 0 Å². The Labute approximate surface area is 175 Å². The van der Waals surface area contributed by atoms with Gasteiger partial charge in [-0.15, -0.1) is 0 Å². The molecule has 0 aliphatic heterocycles. The molecular formula is C24H23NO5. The third kappa shape index (κ3) is 6.10. The lowest BCUT2D eigenvalue weighted by Gasteiger charge is -2.22. The van der Waals surface area contributed by atoms with Crippen molar-refractivity contribution in [3.8, 4) is 5.75 Å². The Morgan fingerprint density at radius 3 is 2.07 bits per heavy atom. The Kier molecular flexibility index (Phi) is 7.44. The van der Waals surface area contributed by atoms with Gasteiger partial charge in [0.05, 0.1) is 18.0 Å². The van der Waals surface area contributed by atoms with E-state index in [0.29, 0.717) is 18.6 Å². The lowest BCUT2D eigenvalue weighted by molar-refractivity contribution is -0.139. The van der Waals surface area contributed by atoms with E-state index in [2.05, 4.69) is 0 Å². The number of hydrogen-bond acceptors (Lipinski definition) is 4. The number of para-hydroxylation sites is 2. The zero-order valence-electron chi connectivity index (χ0n) is 16.4. The minimum Gasteiger partial charge on any atom is -0.482 e. The summed E-state index contributed by atoms with van der Waals surface area (Å²) in [5, 5.41) is 8.70. The number of benzene rings is 3. The maximum atomic E-state index is 12.8. The lowest BCUT2D eigenvalue weighted by Crippen LogP contribution is -2.27. The molecule has 0 heterocycles. The Morgan fingerprint density at radius 1 is 0.833 bits per heavy atom. The molecular weight excluding hydrogens is 382 g/mol. The highest BCUT2D eigenvalue weighted by atomic mass is 16.6. The predicted molar refractivity (Wildman–Crippen MR) is 114 cm³/mol. The molecule has 154 valence electrons. The molecule has 30 heavy (non-hydrogen) atoms. The number of rotatable bonds is 9. The first-order valence-electron chi connectivity index (χ1n) is 9.64. The molecule has 0 bridgehead atoms. The fourth-order valence-corrected chi connectivity index (χ4v) is 2.95. The van der Waals surface area contributed by atoms with E-state index in [1.807, 2.05) is 72.8 Å². The maximum Gasteiger partial charge on any atom is 0.418 e.